The fraction of sp³-hybridized carbons (Fsp3) is 0.167. The van der Waals surface area contributed by atoms with Crippen molar-refractivity contribution in [2.75, 3.05) is 7.11 Å². The van der Waals surface area contributed by atoms with Gasteiger partial charge in [0.15, 0.2) is 17.3 Å². The largest absolute Gasteiger partial charge is 0.493 e. The lowest BCUT2D eigenvalue weighted by molar-refractivity contribution is -0.0511. The van der Waals surface area contributed by atoms with Gasteiger partial charge in [-0.05, 0) is 34.1 Å². The number of hydrogen-bond donors (Lipinski definition) is 0. The first kappa shape index (κ1) is 16.2. The van der Waals surface area contributed by atoms with E-state index < -0.39 is 6.61 Å². The van der Waals surface area contributed by atoms with Gasteiger partial charge >= 0.3 is 6.61 Å². The van der Waals surface area contributed by atoms with Crippen molar-refractivity contribution < 1.29 is 18.3 Å². The summed E-state index contributed by atoms with van der Waals surface area (Å²) >= 11 is 14.9. The van der Waals surface area contributed by atoms with E-state index in [0.717, 1.165) is 0 Å². The second-order valence-corrected chi connectivity index (χ2v) is 5.20. The normalized spacial score (nSPS) is 10.8. The zero-order valence-corrected chi connectivity index (χ0v) is 13.5. The van der Waals surface area contributed by atoms with Crippen molar-refractivity contribution in [3.8, 4) is 22.9 Å². The van der Waals surface area contributed by atoms with Crippen LogP contribution in [0.2, 0.25) is 10.3 Å². The molecule has 0 unspecified atom stereocenters. The highest BCUT2D eigenvalue weighted by molar-refractivity contribution is 9.10. The maximum atomic E-state index is 12.4. The second-order valence-electron chi connectivity index (χ2n) is 3.69. The molecular formula is C12H7BrCl2F2N2O2. The summed E-state index contributed by atoms with van der Waals surface area (Å²) in [5, 5.41) is 0.217. The molecule has 4 nitrogen and oxygen atoms in total. The Morgan fingerprint density at radius 1 is 1.14 bits per heavy atom. The fourth-order valence-electron chi connectivity index (χ4n) is 1.53. The Morgan fingerprint density at radius 3 is 2.29 bits per heavy atom. The summed E-state index contributed by atoms with van der Waals surface area (Å²) in [6.45, 7) is -2.98. The molecule has 21 heavy (non-hydrogen) atoms. The van der Waals surface area contributed by atoms with Crippen molar-refractivity contribution >= 4 is 39.1 Å². The van der Waals surface area contributed by atoms with Crippen LogP contribution in [0.3, 0.4) is 0 Å². The smallest absolute Gasteiger partial charge is 0.387 e. The molecule has 1 heterocycles. The Bertz CT molecular complexity index is 651. The van der Waals surface area contributed by atoms with E-state index in [-0.39, 0.29) is 27.6 Å². The number of ether oxygens (including phenoxy) is 2. The van der Waals surface area contributed by atoms with Crippen molar-refractivity contribution in [2.45, 2.75) is 6.61 Å². The molecule has 0 fully saturated rings. The summed E-state index contributed by atoms with van der Waals surface area (Å²) in [6, 6.07) is 4.36. The molecule has 0 saturated heterocycles. The lowest BCUT2D eigenvalue weighted by atomic mass is 10.2. The molecule has 0 aliphatic rings. The number of hydrogen-bond acceptors (Lipinski definition) is 4. The highest BCUT2D eigenvalue weighted by Gasteiger charge is 2.15. The van der Waals surface area contributed by atoms with Crippen molar-refractivity contribution in [1.29, 1.82) is 0 Å². The van der Waals surface area contributed by atoms with Gasteiger partial charge in [0.1, 0.15) is 10.3 Å². The minimum Gasteiger partial charge on any atom is -0.493 e. The molecule has 0 amide bonds. The average Bonchev–Trinajstić information content (AvgIpc) is 2.43. The van der Waals surface area contributed by atoms with Gasteiger partial charge in [-0.25, -0.2) is 9.97 Å². The predicted octanol–water partition coefficient (Wildman–Crippen LogP) is 4.82. The van der Waals surface area contributed by atoms with Gasteiger partial charge in [0.25, 0.3) is 0 Å². The van der Waals surface area contributed by atoms with Gasteiger partial charge in [0, 0.05) is 5.56 Å². The Balaban J connectivity index is 2.49. The third kappa shape index (κ3) is 3.72. The summed E-state index contributed by atoms with van der Waals surface area (Å²) in [4.78, 5) is 8.04. The predicted molar refractivity (Wildman–Crippen MR) is 78.4 cm³/mol. The highest BCUT2D eigenvalue weighted by atomic mass is 79.9. The monoisotopic (exact) mass is 398 g/mol. The summed E-state index contributed by atoms with van der Waals surface area (Å²) in [5.41, 5.74) is 0.405. The maximum Gasteiger partial charge on any atom is 0.387 e. The number of methoxy groups -OCH3 is 1. The van der Waals surface area contributed by atoms with Crippen molar-refractivity contribution in [3.05, 3.63) is 33.0 Å². The number of halogens is 5. The van der Waals surface area contributed by atoms with E-state index in [1.165, 1.54) is 19.2 Å². The molecule has 0 saturated carbocycles. The van der Waals surface area contributed by atoms with Crippen LogP contribution in [0.15, 0.2) is 22.7 Å². The topological polar surface area (TPSA) is 44.2 Å². The molecule has 0 radical (unpaired) electrons. The van der Waals surface area contributed by atoms with E-state index in [2.05, 4.69) is 30.6 Å². The van der Waals surface area contributed by atoms with Crippen LogP contribution in [0.5, 0.6) is 11.5 Å². The van der Waals surface area contributed by atoms with E-state index in [9.17, 15) is 8.78 Å². The molecule has 1 aromatic heterocycles. The van der Waals surface area contributed by atoms with Gasteiger partial charge in [-0.15, -0.1) is 0 Å². The Kier molecular flexibility index (Phi) is 5.18. The Hall–Kier alpha value is -1.18. The van der Waals surface area contributed by atoms with E-state index in [1.807, 2.05) is 0 Å². The first-order valence-electron chi connectivity index (χ1n) is 5.44. The Labute approximate surface area is 137 Å². The number of benzene rings is 1. The second kappa shape index (κ2) is 6.72. The maximum absolute atomic E-state index is 12.4. The van der Waals surface area contributed by atoms with Crippen molar-refractivity contribution in [3.63, 3.8) is 0 Å². The number of alkyl halides is 2. The SMILES string of the molecule is COc1ccc(-c2nc(Cl)c(Br)c(Cl)n2)cc1OC(F)F. The van der Waals surface area contributed by atoms with Crippen LogP contribution < -0.4 is 9.47 Å². The molecule has 0 N–H and O–H groups in total. The van der Waals surface area contributed by atoms with Crippen LogP contribution in [0.1, 0.15) is 0 Å². The molecule has 112 valence electrons. The standard InChI is InChI=1S/C12H7BrCl2F2N2O2/c1-20-6-3-2-5(4-7(6)21-12(16)17)11-18-9(14)8(13)10(15)19-11/h2-4,12H,1H3. The van der Waals surface area contributed by atoms with Crippen molar-refractivity contribution in [1.82, 2.24) is 9.97 Å². The molecule has 1 aromatic carbocycles. The summed E-state index contributed by atoms with van der Waals surface area (Å²) in [6.07, 6.45) is 0. The molecule has 0 aliphatic carbocycles. The van der Waals surface area contributed by atoms with Crippen LogP contribution >= 0.6 is 39.1 Å². The van der Waals surface area contributed by atoms with Crippen LogP contribution in [0.4, 0.5) is 8.78 Å². The summed E-state index contributed by atoms with van der Waals surface area (Å²) in [5.74, 6) is 0.201. The van der Waals surface area contributed by atoms with E-state index in [1.54, 1.807) is 6.07 Å². The minimum absolute atomic E-state index is 0.108. The summed E-state index contributed by atoms with van der Waals surface area (Å²) in [7, 11) is 1.34. The van der Waals surface area contributed by atoms with Crippen molar-refractivity contribution in [2.24, 2.45) is 0 Å². The molecule has 0 aliphatic heterocycles. The van der Waals surface area contributed by atoms with Crippen LogP contribution in [0, 0.1) is 0 Å². The Morgan fingerprint density at radius 2 is 1.76 bits per heavy atom. The first-order valence-corrected chi connectivity index (χ1v) is 6.99. The minimum atomic E-state index is -2.98. The lowest BCUT2D eigenvalue weighted by Gasteiger charge is -2.11. The molecule has 2 rings (SSSR count). The summed E-state index contributed by atoms with van der Waals surface area (Å²) < 4.78 is 34.5. The molecule has 9 heteroatoms. The number of rotatable bonds is 4. The third-order valence-corrected chi connectivity index (χ3v) is 4.16. The van der Waals surface area contributed by atoms with Gasteiger partial charge in [-0.3, -0.25) is 0 Å². The molecule has 2 aromatic rings. The molecule has 0 atom stereocenters. The van der Waals surface area contributed by atoms with Gasteiger partial charge in [-0.1, -0.05) is 23.2 Å². The van der Waals surface area contributed by atoms with Crippen LogP contribution in [0.25, 0.3) is 11.4 Å². The molecule has 0 spiro atoms. The zero-order valence-electron chi connectivity index (χ0n) is 10.4. The highest BCUT2D eigenvalue weighted by Crippen LogP contribution is 2.35. The average molecular weight is 400 g/mol. The van der Waals surface area contributed by atoms with Gasteiger partial charge in [0.05, 0.1) is 11.6 Å². The van der Waals surface area contributed by atoms with Crippen LogP contribution in [-0.2, 0) is 0 Å². The van der Waals surface area contributed by atoms with E-state index in [0.29, 0.717) is 10.0 Å². The fourth-order valence-corrected chi connectivity index (χ4v) is 2.09. The van der Waals surface area contributed by atoms with E-state index in [4.69, 9.17) is 27.9 Å². The van der Waals surface area contributed by atoms with Gasteiger partial charge in [0.2, 0.25) is 0 Å². The third-order valence-electron chi connectivity index (χ3n) is 2.41. The number of nitrogens with zero attached hydrogens (tertiary/aromatic N) is 2. The van der Waals surface area contributed by atoms with Gasteiger partial charge in [-0.2, -0.15) is 8.78 Å². The quantitative estimate of drug-likeness (QED) is 0.691. The first-order chi connectivity index (χ1) is 9.92. The van der Waals surface area contributed by atoms with E-state index >= 15 is 0 Å². The van der Waals surface area contributed by atoms with Crippen LogP contribution in [-0.4, -0.2) is 23.7 Å². The molecule has 0 bridgehead atoms. The number of aromatic nitrogens is 2. The van der Waals surface area contributed by atoms with Gasteiger partial charge < -0.3 is 9.47 Å². The zero-order chi connectivity index (χ0) is 15.6. The molecular weight excluding hydrogens is 393 g/mol. The lowest BCUT2D eigenvalue weighted by Crippen LogP contribution is -2.04.